The molecule has 2 aromatic rings. The van der Waals surface area contributed by atoms with Crippen molar-refractivity contribution in [3.63, 3.8) is 0 Å². The van der Waals surface area contributed by atoms with Gasteiger partial charge in [0.2, 0.25) is 0 Å². The number of hydrazone groups is 1. The number of carbonyl (C=O) groups excluding carboxylic acids is 1. The van der Waals surface area contributed by atoms with Gasteiger partial charge >= 0.3 is 5.91 Å². The zero-order chi connectivity index (χ0) is 20.9. The van der Waals surface area contributed by atoms with Crippen molar-refractivity contribution in [2.24, 2.45) is 5.10 Å². The first-order valence-electron chi connectivity index (χ1n) is 9.70. The number of hydrogen-bond donors (Lipinski definition) is 1. The number of hydrogen-bond acceptors (Lipinski definition) is 5. The quantitative estimate of drug-likeness (QED) is 0.531. The van der Waals surface area contributed by atoms with E-state index < -0.39 is 0 Å². The molecule has 30 heavy (non-hydrogen) atoms. The maximum atomic E-state index is 12.0. The molecule has 0 spiro atoms. The summed E-state index contributed by atoms with van der Waals surface area (Å²) in [7, 11) is 0. The van der Waals surface area contributed by atoms with Gasteiger partial charge in [-0.25, -0.2) is 5.43 Å². The summed E-state index contributed by atoms with van der Waals surface area (Å²) in [5.74, 6) is -0.162. The zero-order valence-electron chi connectivity index (χ0n) is 16.2. The van der Waals surface area contributed by atoms with Gasteiger partial charge in [0.1, 0.15) is 0 Å². The Balaban J connectivity index is 1.60. The number of rotatable bonds is 5. The first-order chi connectivity index (χ1) is 14.6. The molecule has 0 unspecified atom stereocenters. The average Bonchev–Trinajstić information content (AvgIpc) is 3.41. The molecule has 0 bridgehead atoms. The van der Waals surface area contributed by atoms with Gasteiger partial charge in [0, 0.05) is 28.8 Å². The van der Waals surface area contributed by atoms with Crippen molar-refractivity contribution in [3.05, 3.63) is 74.8 Å². The van der Waals surface area contributed by atoms with Crippen LogP contribution in [0.1, 0.15) is 29.0 Å². The SMILES string of the molecule is O=C(N/N=C/C1=C(N2CCOCC2)C(=C/c2ccc(Cl)cc2Cl)/CC1)c1ccco1. The van der Waals surface area contributed by atoms with E-state index in [0.29, 0.717) is 23.3 Å². The van der Waals surface area contributed by atoms with Crippen molar-refractivity contribution in [2.45, 2.75) is 12.8 Å². The van der Waals surface area contributed by atoms with Gasteiger partial charge in [0.25, 0.3) is 0 Å². The van der Waals surface area contributed by atoms with E-state index in [4.69, 9.17) is 32.4 Å². The lowest BCUT2D eigenvalue weighted by Gasteiger charge is -2.31. The Hall–Kier alpha value is -2.54. The minimum atomic E-state index is -0.383. The number of allylic oxidation sites excluding steroid dienone is 2. The Labute approximate surface area is 184 Å². The molecule has 2 heterocycles. The Kier molecular flexibility index (Phi) is 6.57. The summed E-state index contributed by atoms with van der Waals surface area (Å²) < 4.78 is 10.6. The Morgan fingerprint density at radius 3 is 2.73 bits per heavy atom. The number of ether oxygens (including phenoxy) is 1. The molecule has 4 rings (SSSR count). The van der Waals surface area contributed by atoms with E-state index in [1.54, 1.807) is 24.4 Å². The molecule has 1 N–H and O–H groups in total. The lowest BCUT2D eigenvalue weighted by atomic mass is 10.1. The van der Waals surface area contributed by atoms with Crippen LogP contribution in [0.25, 0.3) is 6.08 Å². The molecule has 0 saturated carbocycles. The average molecular weight is 446 g/mol. The van der Waals surface area contributed by atoms with Gasteiger partial charge in [-0.05, 0) is 59.9 Å². The van der Waals surface area contributed by atoms with E-state index >= 15 is 0 Å². The van der Waals surface area contributed by atoms with Gasteiger partial charge in [-0.3, -0.25) is 4.79 Å². The van der Waals surface area contributed by atoms with Crippen LogP contribution in [0, 0.1) is 0 Å². The summed E-state index contributed by atoms with van der Waals surface area (Å²) in [6, 6.07) is 8.75. The van der Waals surface area contributed by atoms with E-state index in [1.165, 1.54) is 11.8 Å². The van der Waals surface area contributed by atoms with E-state index in [0.717, 1.165) is 42.8 Å². The second kappa shape index (κ2) is 9.51. The molecule has 1 fully saturated rings. The molecule has 1 amide bonds. The van der Waals surface area contributed by atoms with E-state index in [9.17, 15) is 4.79 Å². The number of morpholine rings is 1. The molecule has 1 aliphatic heterocycles. The van der Waals surface area contributed by atoms with Crippen LogP contribution in [-0.2, 0) is 4.74 Å². The molecule has 2 aliphatic rings. The fraction of sp³-hybridized carbons (Fsp3) is 0.273. The van der Waals surface area contributed by atoms with Gasteiger partial charge in [-0.15, -0.1) is 0 Å². The number of amides is 1. The van der Waals surface area contributed by atoms with Crippen LogP contribution in [0.2, 0.25) is 10.0 Å². The van der Waals surface area contributed by atoms with Crippen molar-refractivity contribution < 1.29 is 13.9 Å². The highest BCUT2D eigenvalue weighted by Crippen LogP contribution is 2.36. The van der Waals surface area contributed by atoms with Gasteiger partial charge in [-0.1, -0.05) is 29.3 Å². The number of carbonyl (C=O) groups is 1. The molecule has 6 nitrogen and oxygen atoms in total. The van der Waals surface area contributed by atoms with E-state index in [-0.39, 0.29) is 11.7 Å². The number of furan rings is 1. The number of nitrogens with zero attached hydrogens (tertiary/aromatic N) is 2. The first-order valence-corrected chi connectivity index (χ1v) is 10.5. The predicted molar refractivity (Wildman–Crippen MR) is 118 cm³/mol. The molecular weight excluding hydrogens is 425 g/mol. The van der Waals surface area contributed by atoms with Gasteiger partial charge in [0.05, 0.1) is 25.7 Å². The van der Waals surface area contributed by atoms with Crippen LogP contribution in [0.3, 0.4) is 0 Å². The van der Waals surface area contributed by atoms with Crippen LogP contribution in [-0.4, -0.2) is 43.3 Å². The molecule has 1 aliphatic carbocycles. The van der Waals surface area contributed by atoms with Crippen LogP contribution < -0.4 is 5.43 Å². The van der Waals surface area contributed by atoms with Crippen molar-refractivity contribution in [2.75, 3.05) is 26.3 Å². The van der Waals surface area contributed by atoms with Gasteiger partial charge < -0.3 is 14.1 Å². The van der Waals surface area contributed by atoms with E-state index in [1.807, 2.05) is 12.1 Å². The third-order valence-corrected chi connectivity index (χ3v) is 5.59. The van der Waals surface area contributed by atoms with E-state index in [2.05, 4.69) is 21.5 Å². The Morgan fingerprint density at radius 1 is 1.17 bits per heavy atom. The molecular formula is C22H21Cl2N3O3. The molecule has 1 aromatic heterocycles. The van der Waals surface area contributed by atoms with Crippen molar-refractivity contribution in [1.29, 1.82) is 0 Å². The van der Waals surface area contributed by atoms with Gasteiger partial charge in [0.15, 0.2) is 5.76 Å². The lowest BCUT2D eigenvalue weighted by Crippen LogP contribution is -2.36. The predicted octanol–water partition coefficient (Wildman–Crippen LogP) is 4.77. The molecule has 156 valence electrons. The van der Waals surface area contributed by atoms with Crippen molar-refractivity contribution in [1.82, 2.24) is 10.3 Å². The summed E-state index contributed by atoms with van der Waals surface area (Å²) in [5, 5.41) is 5.38. The smallest absolute Gasteiger partial charge is 0.307 e. The molecule has 1 aromatic carbocycles. The summed E-state index contributed by atoms with van der Waals surface area (Å²) in [6.07, 6.45) is 6.96. The molecule has 0 atom stereocenters. The zero-order valence-corrected chi connectivity index (χ0v) is 17.7. The molecule has 0 radical (unpaired) electrons. The van der Waals surface area contributed by atoms with Crippen LogP contribution in [0.4, 0.5) is 0 Å². The maximum Gasteiger partial charge on any atom is 0.307 e. The Bertz CT molecular complexity index is 1010. The third-order valence-electron chi connectivity index (χ3n) is 5.02. The standard InChI is InChI=1S/C22H21Cl2N3O3/c23-18-6-5-15(19(24)13-18)12-16-3-4-17(21(16)27-7-10-29-11-8-27)14-25-26-22(28)20-2-1-9-30-20/h1-2,5-6,9,12-14H,3-4,7-8,10-11H2,(H,26,28)/b16-12+,25-14+. The highest BCUT2D eigenvalue weighted by atomic mass is 35.5. The third kappa shape index (κ3) is 4.78. The van der Waals surface area contributed by atoms with Crippen LogP contribution in [0.15, 0.2) is 63.0 Å². The largest absolute Gasteiger partial charge is 0.459 e. The summed E-state index contributed by atoms with van der Waals surface area (Å²) in [4.78, 5) is 14.3. The fourth-order valence-corrected chi connectivity index (χ4v) is 4.07. The van der Waals surface area contributed by atoms with Crippen LogP contribution in [0.5, 0.6) is 0 Å². The first kappa shape index (κ1) is 20.7. The minimum absolute atomic E-state index is 0.221. The van der Waals surface area contributed by atoms with Crippen molar-refractivity contribution in [3.8, 4) is 0 Å². The number of halogens is 2. The Morgan fingerprint density at radius 2 is 2.00 bits per heavy atom. The second-order valence-corrected chi connectivity index (χ2v) is 7.83. The number of nitrogens with one attached hydrogen (secondary N) is 1. The fourth-order valence-electron chi connectivity index (χ4n) is 3.61. The lowest BCUT2D eigenvalue weighted by molar-refractivity contribution is 0.0548. The maximum absolute atomic E-state index is 12.0. The highest BCUT2D eigenvalue weighted by molar-refractivity contribution is 6.35. The van der Waals surface area contributed by atoms with Crippen molar-refractivity contribution >= 4 is 41.4 Å². The molecule has 1 saturated heterocycles. The van der Waals surface area contributed by atoms with Crippen LogP contribution >= 0.6 is 23.2 Å². The number of benzene rings is 1. The second-order valence-electron chi connectivity index (χ2n) is 6.99. The minimum Gasteiger partial charge on any atom is -0.459 e. The summed E-state index contributed by atoms with van der Waals surface area (Å²) in [5.41, 5.74) is 6.81. The molecule has 8 heteroatoms. The summed E-state index contributed by atoms with van der Waals surface area (Å²) in [6.45, 7) is 2.96. The summed E-state index contributed by atoms with van der Waals surface area (Å²) >= 11 is 12.4. The topological polar surface area (TPSA) is 67.1 Å². The highest BCUT2D eigenvalue weighted by Gasteiger charge is 2.25. The normalized spacial score (nSPS) is 18.6. The van der Waals surface area contributed by atoms with Gasteiger partial charge in [-0.2, -0.15) is 5.10 Å². The monoisotopic (exact) mass is 445 g/mol.